The first kappa shape index (κ1) is 30.1. The number of carbonyl (C=O) groups is 2. The van der Waals surface area contributed by atoms with Crippen molar-refractivity contribution >= 4 is 11.9 Å². The summed E-state index contributed by atoms with van der Waals surface area (Å²) in [5, 5.41) is 0. The predicted octanol–water partition coefficient (Wildman–Crippen LogP) is 7.94. The molecule has 4 nitrogen and oxygen atoms in total. The van der Waals surface area contributed by atoms with Crippen LogP contribution in [0, 0.1) is 11.7 Å². The summed E-state index contributed by atoms with van der Waals surface area (Å²) in [6.07, 6.45) is 10.8. The number of halogens is 4. The molecule has 0 bridgehead atoms. The van der Waals surface area contributed by atoms with E-state index in [1.807, 2.05) is 0 Å². The number of esters is 1. The second-order valence-electron chi connectivity index (χ2n) is 9.85. The Kier molecular flexibility index (Phi) is 13.3. The van der Waals surface area contributed by atoms with Crippen LogP contribution in [0.4, 0.5) is 17.6 Å². The average molecular weight is 516 g/mol. The quantitative estimate of drug-likeness (QED) is 0.135. The second kappa shape index (κ2) is 15.9. The van der Waals surface area contributed by atoms with Crippen molar-refractivity contribution in [2.75, 3.05) is 19.7 Å². The molecule has 0 N–H and O–H groups in total. The van der Waals surface area contributed by atoms with Gasteiger partial charge >= 0.3 is 12.1 Å². The number of likely N-dealkylation sites (tertiary alicyclic amines) is 1. The van der Waals surface area contributed by atoms with Gasteiger partial charge in [0.1, 0.15) is 5.82 Å². The van der Waals surface area contributed by atoms with Crippen molar-refractivity contribution in [2.24, 2.45) is 5.92 Å². The molecule has 1 fully saturated rings. The van der Waals surface area contributed by atoms with E-state index in [0.717, 1.165) is 25.3 Å². The van der Waals surface area contributed by atoms with Crippen LogP contribution in [-0.2, 0) is 15.7 Å². The lowest BCUT2D eigenvalue weighted by atomic mass is 9.96. The normalized spacial score (nSPS) is 14.8. The number of amides is 1. The number of hydrogen-bond acceptors (Lipinski definition) is 3. The fraction of sp³-hybridized carbons (Fsp3) is 0.714. The van der Waals surface area contributed by atoms with Crippen LogP contribution in [0.25, 0.3) is 0 Å². The standard InChI is InChI=1S/C28H41F4NO3/c1-2-3-4-5-6-7-8-9-10-11-12-13-18-36-27(35)22-14-16-33(17-15-22)26(34)23-19-24(28(30,31)32)21-25(29)20-23/h19-22H,2-18H2,1H3. The largest absolute Gasteiger partial charge is 0.465 e. The number of hydrogen-bond donors (Lipinski definition) is 0. The van der Waals surface area contributed by atoms with Gasteiger partial charge in [0.25, 0.3) is 5.91 Å². The Bertz CT molecular complexity index is 804. The molecule has 0 aliphatic carbocycles. The fourth-order valence-corrected chi connectivity index (χ4v) is 4.61. The summed E-state index contributed by atoms with van der Waals surface area (Å²) in [4.78, 5) is 26.3. The molecule has 0 aromatic heterocycles. The molecule has 0 unspecified atom stereocenters. The number of alkyl halides is 3. The highest BCUT2D eigenvalue weighted by Gasteiger charge is 2.33. The number of benzene rings is 1. The number of ether oxygens (including phenoxy) is 1. The molecule has 0 saturated carbocycles. The SMILES string of the molecule is CCCCCCCCCCCCCCOC(=O)C1CCN(C(=O)c2cc(F)cc(C(F)(F)F)c2)CC1. The van der Waals surface area contributed by atoms with Crippen LogP contribution in [0.5, 0.6) is 0 Å². The van der Waals surface area contributed by atoms with Gasteiger partial charge in [0.15, 0.2) is 0 Å². The minimum Gasteiger partial charge on any atom is -0.465 e. The van der Waals surface area contributed by atoms with Gasteiger partial charge in [0.05, 0.1) is 18.1 Å². The zero-order valence-corrected chi connectivity index (χ0v) is 21.5. The first-order valence-electron chi connectivity index (χ1n) is 13.6. The molecule has 1 aromatic rings. The van der Waals surface area contributed by atoms with Crippen LogP contribution in [0.1, 0.15) is 113 Å². The molecular weight excluding hydrogens is 474 g/mol. The van der Waals surface area contributed by atoms with Gasteiger partial charge in [0.2, 0.25) is 0 Å². The van der Waals surface area contributed by atoms with Gasteiger partial charge in [-0.15, -0.1) is 0 Å². The molecule has 0 atom stereocenters. The van der Waals surface area contributed by atoms with Crippen LogP contribution in [-0.4, -0.2) is 36.5 Å². The molecule has 1 aliphatic rings. The topological polar surface area (TPSA) is 46.6 Å². The lowest BCUT2D eigenvalue weighted by Gasteiger charge is -2.31. The smallest absolute Gasteiger partial charge is 0.416 e. The van der Waals surface area contributed by atoms with Crippen LogP contribution in [0.3, 0.4) is 0 Å². The Labute approximate surface area is 212 Å². The number of piperidine rings is 1. The number of nitrogens with zero attached hydrogens (tertiary/aromatic N) is 1. The van der Waals surface area contributed by atoms with Crippen molar-refractivity contribution < 1.29 is 31.9 Å². The van der Waals surface area contributed by atoms with Crippen molar-refractivity contribution in [3.05, 3.63) is 35.1 Å². The van der Waals surface area contributed by atoms with Gasteiger partial charge in [-0.1, -0.05) is 77.6 Å². The van der Waals surface area contributed by atoms with E-state index in [9.17, 15) is 27.2 Å². The fourth-order valence-electron chi connectivity index (χ4n) is 4.61. The van der Waals surface area contributed by atoms with E-state index < -0.39 is 23.5 Å². The molecule has 1 saturated heterocycles. The van der Waals surface area contributed by atoms with Crippen LogP contribution in [0.2, 0.25) is 0 Å². The summed E-state index contributed by atoms with van der Waals surface area (Å²) < 4.78 is 57.8. The Morgan fingerprint density at radius 2 is 1.39 bits per heavy atom. The van der Waals surface area contributed by atoms with Gasteiger partial charge in [-0.05, 0) is 37.5 Å². The van der Waals surface area contributed by atoms with Gasteiger partial charge in [-0.25, -0.2) is 4.39 Å². The van der Waals surface area contributed by atoms with Crippen molar-refractivity contribution in [2.45, 2.75) is 103 Å². The third-order valence-electron chi connectivity index (χ3n) is 6.83. The molecular formula is C28H41F4NO3. The maximum Gasteiger partial charge on any atom is 0.416 e. The molecule has 0 spiro atoms. The molecule has 1 heterocycles. The Morgan fingerprint density at radius 3 is 1.92 bits per heavy atom. The first-order valence-corrected chi connectivity index (χ1v) is 13.6. The Balaban J connectivity index is 1.58. The summed E-state index contributed by atoms with van der Waals surface area (Å²) in [6, 6.07) is 1.85. The summed E-state index contributed by atoms with van der Waals surface area (Å²) in [5.74, 6) is -2.38. The average Bonchev–Trinajstić information content (AvgIpc) is 2.85. The van der Waals surface area contributed by atoms with Crippen molar-refractivity contribution in [3.8, 4) is 0 Å². The minimum atomic E-state index is -4.73. The lowest BCUT2D eigenvalue weighted by molar-refractivity contribution is -0.150. The molecule has 1 aromatic carbocycles. The zero-order valence-electron chi connectivity index (χ0n) is 21.5. The first-order chi connectivity index (χ1) is 17.2. The Hall–Kier alpha value is -2.12. The third-order valence-corrected chi connectivity index (χ3v) is 6.83. The summed E-state index contributed by atoms with van der Waals surface area (Å²) in [7, 11) is 0. The van der Waals surface area contributed by atoms with Crippen molar-refractivity contribution in [1.29, 1.82) is 0 Å². The van der Waals surface area contributed by atoms with E-state index in [-0.39, 0.29) is 30.5 Å². The van der Waals surface area contributed by atoms with Crippen LogP contribution >= 0.6 is 0 Å². The van der Waals surface area contributed by atoms with Crippen LogP contribution < -0.4 is 0 Å². The van der Waals surface area contributed by atoms with E-state index in [4.69, 9.17) is 4.74 Å². The highest BCUT2D eigenvalue weighted by molar-refractivity contribution is 5.94. The number of rotatable bonds is 15. The third kappa shape index (κ3) is 10.9. The zero-order chi connectivity index (χ0) is 26.4. The van der Waals surface area contributed by atoms with Crippen molar-refractivity contribution in [3.63, 3.8) is 0 Å². The van der Waals surface area contributed by atoms with E-state index >= 15 is 0 Å². The minimum absolute atomic E-state index is 0.217. The summed E-state index contributed by atoms with van der Waals surface area (Å²) in [6.45, 7) is 3.05. The van der Waals surface area contributed by atoms with E-state index in [2.05, 4.69) is 6.92 Å². The molecule has 0 radical (unpaired) electrons. The number of unbranched alkanes of at least 4 members (excludes halogenated alkanes) is 11. The lowest BCUT2D eigenvalue weighted by Crippen LogP contribution is -2.40. The van der Waals surface area contributed by atoms with Gasteiger partial charge in [-0.2, -0.15) is 13.2 Å². The Morgan fingerprint density at radius 1 is 0.861 bits per heavy atom. The maximum absolute atomic E-state index is 13.6. The second-order valence-corrected chi connectivity index (χ2v) is 9.85. The van der Waals surface area contributed by atoms with Crippen molar-refractivity contribution in [1.82, 2.24) is 4.90 Å². The highest BCUT2D eigenvalue weighted by atomic mass is 19.4. The summed E-state index contributed by atoms with van der Waals surface area (Å²) >= 11 is 0. The van der Waals surface area contributed by atoms with Gasteiger partial charge < -0.3 is 9.64 Å². The molecule has 1 amide bonds. The summed E-state index contributed by atoms with van der Waals surface area (Å²) in [5.41, 5.74) is -1.53. The predicted molar refractivity (Wildman–Crippen MR) is 132 cm³/mol. The molecule has 2 rings (SSSR count). The highest BCUT2D eigenvalue weighted by Crippen LogP contribution is 2.31. The van der Waals surface area contributed by atoms with E-state index in [1.165, 1.54) is 62.7 Å². The molecule has 204 valence electrons. The van der Waals surface area contributed by atoms with Crippen LogP contribution in [0.15, 0.2) is 18.2 Å². The molecule has 1 aliphatic heterocycles. The maximum atomic E-state index is 13.6. The van der Waals surface area contributed by atoms with Gasteiger partial charge in [0, 0.05) is 18.7 Å². The molecule has 36 heavy (non-hydrogen) atoms. The monoisotopic (exact) mass is 515 g/mol. The molecule has 8 heteroatoms. The number of carbonyl (C=O) groups excluding carboxylic acids is 2. The van der Waals surface area contributed by atoms with E-state index in [1.54, 1.807) is 0 Å². The van der Waals surface area contributed by atoms with E-state index in [0.29, 0.717) is 31.6 Å². The van der Waals surface area contributed by atoms with Gasteiger partial charge in [-0.3, -0.25) is 9.59 Å².